The maximum atomic E-state index is 13.9. The van der Waals surface area contributed by atoms with Crippen molar-refractivity contribution in [3.8, 4) is 34.3 Å². The van der Waals surface area contributed by atoms with Gasteiger partial charge in [-0.3, -0.25) is 4.79 Å². The van der Waals surface area contributed by atoms with Gasteiger partial charge in [0.25, 0.3) is 11.8 Å². The van der Waals surface area contributed by atoms with Crippen molar-refractivity contribution in [3.05, 3.63) is 83.2 Å². The number of aromatic nitrogens is 4. The van der Waals surface area contributed by atoms with Crippen molar-refractivity contribution in [1.82, 2.24) is 25.8 Å². The van der Waals surface area contributed by atoms with E-state index in [1.165, 1.54) is 36.4 Å². The molecule has 0 aliphatic carbocycles. The molecule has 0 radical (unpaired) electrons. The number of carbonyl (C=O) groups excluding carboxylic acids is 1. The molecule has 0 spiro atoms. The van der Waals surface area contributed by atoms with E-state index in [0.717, 1.165) is 0 Å². The Kier molecular flexibility index (Phi) is 8.43. The van der Waals surface area contributed by atoms with Crippen LogP contribution in [0.5, 0.6) is 0 Å². The lowest BCUT2D eigenvalue weighted by molar-refractivity contribution is -0.137. The minimum Gasteiger partial charge on any atom is -0.378 e. The van der Waals surface area contributed by atoms with Gasteiger partial charge in [-0.05, 0) is 12.5 Å². The van der Waals surface area contributed by atoms with Crippen molar-refractivity contribution in [2.24, 2.45) is 0 Å². The zero-order chi connectivity index (χ0) is 28.9. The fraction of sp³-hybridized carbons (Fsp3) is 0.222. The molecular formula is C27H24F3N5O5. The summed E-state index contributed by atoms with van der Waals surface area (Å²) in [4.78, 5) is 16.3. The Bertz CT molecular complexity index is 1560. The van der Waals surface area contributed by atoms with E-state index in [-0.39, 0.29) is 23.5 Å². The second kappa shape index (κ2) is 11.9. The van der Waals surface area contributed by atoms with Crippen LogP contribution in [0.25, 0.3) is 34.3 Å². The number of amides is 1. The second-order valence-corrected chi connectivity index (χ2v) is 8.19. The highest BCUT2D eigenvalue weighted by molar-refractivity contribution is 5.82. The molecule has 0 saturated heterocycles. The van der Waals surface area contributed by atoms with E-state index in [4.69, 9.17) is 13.6 Å². The average Bonchev–Trinajstić information content (AvgIpc) is 3.72. The topological polar surface area (TPSA) is 140 Å². The summed E-state index contributed by atoms with van der Waals surface area (Å²) >= 11 is 0. The predicted octanol–water partition coefficient (Wildman–Crippen LogP) is 5.75. The molecule has 1 unspecified atom stereocenters. The summed E-state index contributed by atoms with van der Waals surface area (Å²) < 4.78 is 56.8. The van der Waals surface area contributed by atoms with Gasteiger partial charge >= 0.3 is 6.18 Å². The highest BCUT2D eigenvalue weighted by Gasteiger charge is 2.43. The van der Waals surface area contributed by atoms with E-state index in [2.05, 4.69) is 25.8 Å². The van der Waals surface area contributed by atoms with Gasteiger partial charge in [0, 0.05) is 17.2 Å². The minimum absolute atomic E-state index is 0.0299. The van der Waals surface area contributed by atoms with Crippen LogP contribution in [0.2, 0.25) is 0 Å². The summed E-state index contributed by atoms with van der Waals surface area (Å²) in [6.07, 6.45) is -6.28. The number of alkyl halides is 3. The second-order valence-electron chi connectivity index (χ2n) is 8.19. The largest absolute Gasteiger partial charge is 0.422 e. The summed E-state index contributed by atoms with van der Waals surface area (Å²) in [5.41, 5.74) is -0.182. The van der Waals surface area contributed by atoms with Gasteiger partial charge in [0.1, 0.15) is 22.7 Å². The van der Waals surface area contributed by atoms with E-state index in [9.17, 15) is 23.1 Å². The van der Waals surface area contributed by atoms with Gasteiger partial charge in [-0.2, -0.15) is 18.2 Å². The molecule has 0 aliphatic rings. The number of carbonyl (C=O) groups is 1. The van der Waals surface area contributed by atoms with Gasteiger partial charge < -0.3 is 24.0 Å². The molecular weight excluding hydrogens is 531 g/mol. The van der Waals surface area contributed by atoms with Gasteiger partial charge in [0.2, 0.25) is 11.6 Å². The lowest BCUT2D eigenvalue weighted by atomic mass is 10.1. The molecule has 3 heterocycles. The number of aliphatic hydroxyl groups excluding tert-OH is 1. The molecule has 13 heteroatoms. The molecule has 5 aromatic rings. The zero-order valence-corrected chi connectivity index (χ0v) is 21.6. The van der Waals surface area contributed by atoms with Crippen LogP contribution in [-0.2, 0) is 17.5 Å². The lowest BCUT2D eigenvalue weighted by Gasteiger charge is -2.11. The number of hydrogen-bond acceptors (Lipinski definition) is 9. The standard InChI is InChI=1S/C25H18F3N5O5.C2H6/c1-13-11-17(31-36-13)12-29-23(35)20(34)15-7-9-16(10-8-15)22-30-24(38-33-22)21-18(25(26,27)28)19(32-37-21)14-5-3-2-4-6-14;1-2/h2-11,20,34H,12H2,1H3,(H,29,35);1-2H3. The summed E-state index contributed by atoms with van der Waals surface area (Å²) in [5, 5.41) is 24.0. The van der Waals surface area contributed by atoms with Gasteiger partial charge in [0.05, 0.1) is 6.54 Å². The SMILES string of the molecule is CC.Cc1cc(CNC(=O)C(O)c2ccc(-c3noc(-c4onc(-c5ccccc5)c4C(F)(F)F)n3)cc2)no1. The maximum Gasteiger partial charge on any atom is 0.422 e. The van der Waals surface area contributed by atoms with Crippen molar-refractivity contribution >= 4 is 5.91 Å². The van der Waals surface area contributed by atoms with Gasteiger partial charge in [-0.1, -0.05) is 83.9 Å². The first kappa shape index (κ1) is 28.2. The van der Waals surface area contributed by atoms with E-state index >= 15 is 0 Å². The molecule has 0 bridgehead atoms. The van der Waals surface area contributed by atoms with E-state index in [0.29, 0.717) is 17.0 Å². The fourth-order valence-corrected chi connectivity index (χ4v) is 3.67. The molecule has 0 fully saturated rings. The van der Waals surface area contributed by atoms with Crippen molar-refractivity contribution in [2.75, 3.05) is 0 Å². The van der Waals surface area contributed by atoms with Crippen LogP contribution in [0.15, 0.2) is 74.2 Å². The summed E-state index contributed by atoms with van der Waals surface area (Å²) in [5.74, 6) is -1.31. The summed E-state index contributed by atoms with van der Waals surface area (Å²) in [6, 6.07) is 15.3. The number of aliphatic hydroxyl groups is 1. The molecule has 2 aromatic carbocycles. The number of nitrogens with zero attached hydrogens (tertiary/aromatic N) is 4. The third-order valence-electron chi connectivity index (χ3n) is 5.50. The van der Waals surface area contributed by atoms with Gasteiger partial charge in [-0.25, -0.2) is 0 Å². The predicted molar refractivity (Wildman–Crippen MR) is 135 cm³/mol. The normalized spacial score (nSPS) is 12.0. The number of aryl methyl sites for hydroxylation is 1. The van der Waals surface area contributed by atoms with Crippen LogP contribution in [0.1, 0.15) is 42.5 Å². The van der Waals surface area contributed by atoms with Crippen LogP contribution in [0.4, 0.5) is 13.2 Å². The zero-order valence-electron chi connectivity index (χ0n) is 21.6. The smallest absolute Gasteiger partial charge is 0.378 e. The highest BCUT2D eigenvalue weighted by atomic mass is 19.4. The molecule has 2 N–H and O–H groups in total. The first-order valence-corrected chi connectivity index (χ1v) is 12.2. The van der Waals surface area contributed by atoms with Crippen molar-refractivity contribution in [3.63, 3.8) is 0 Å². The quantitative estimate of drug-likeness (QED) is 0.257. The number of hydrogen-bond donors (Lipinski definition) is 2. The third kappa shape index (κ3) is 6.10. The lowest BCUT2D eigenvalue weighted by Crippen LogP contribution is -2.28. The van der Waals surface area contributed by atoms with E-state index in [1.807, 2.05) is 13.8 Å². The van der Waals surface area contributed by atoms with Crippen LogP contribution in [-0.4, -0.2) is 31.5 Å². The molecule has 0 saturated carbocycles. The molecule has 0 aliphatic heterocycles. The maximum absolute atomic E-state index is 13.9. The first-order chi connectivity index (χ1) is 19.2. The van der Waals surface area contributed by atoms with Crippen molar-refractivity contribution in [2.45, 2.75) is 39.6 Å². The minimum atomic E-state index is -4.81. The molecule has 40 heavy (non-hydrogen) atoms. The van der Waals surface area contributed by atoms with Gasteiger partial charge in [-0.15, -0.1) is 0 Å². The number of halogens is 3. The average molecular weight is 556 g/mol. The Morgan fingerprint density at radius 3 is 2.27 bits per heavy atom. The number of benzene rings is 2. The Balaban J connectivity index is 0.00000181. The fourth-order valence-electron chi connectivity index (χ4n) is 3.67. The van der Waals surface area contributed by atoms with Crippen LogP contribution < -0.4 is 5.32 Å². The van der Waals surface area contributed by atoms with E-state index < -0.39 is 41.1 Å². The molecule has 3 aromatic heterocycles. The molecule has 1 amide bonds. The molecule has 1 atom stereocenters. The molecule has 10 nitrogen and oxygen atoms in total. The molecule has 5 rings (SSSR count). The summed E-state index contributed by atoms with van der Waals surface area (Å²) in [7, 11) is 0. The molecule has 208 valence electrons. The Hall–Kier alpha value is -4.78. The van der Waals surface area contributed by atoms with Crippen LogP contribution in [0.3, 0.4) is 0 Å². The Labute approximate surface area is 225 Å². The Morgan fingerprint density at radius 2 is 1.65 bits per heavy atom. The monoisotopic (exact) mass is 555 g/mol. The summed E-state index contributed by atoms with van der Waals surface area (Å²) in [6.45, 7) is 5.79. The number of nitrogens with one attached hydrogen (secondary N) is 1. The van der Waals surface area contributed by atoms with Gasteiger partial charge in [0.15, 0.2) is 6.10 Å². The van der Waals surface area contributed by atoms with Crippen molar-refractivity contribution < 1.29 is 36.6 Å². The van der Waals surface area contributed by atoms with E-state index in [1.54, 1.807) is 31.2 Å². The third-order valence-corrected chi connectivity index (χ3v) is 5.50. The van der Waals surface area contributed by atoms with Crippen molar-refractivity contribution in [1.29, 1.82) is 0 Å². The highest BCUT2D eigenvalue weighted by Crippen LogP contribution is 2.43. The van der Waals surface area contributed by atoms with Crippen LogP contribution in [0, 0.1) is 6.92 Å². The first-order valence-electron chi connectivity index (χ1n) is 12.2. The Morgan fingerprint density at radius 1 is 0.950 bits per heavy atom. The van der Waals surface area contributed by atoms with Crippen LogP contribution >= 0.6 is 0 Å². The number of rotatable bonds is 7.